The number of rotatable bonds is 9. The Labute approximate surface area is 219 Å². The lowest BCUT2D eigenvalue weighted by Crippen LogP contribution is -2.43. The second kappa shape index (κ2) is 11.6. The van der Waals surface area contributed by atoms with Crippen molar-refractivity contribution in [3.8, 4) is 10.6 Å². The Morgan fingerprint density at radius 3 is 2.78 bits per heavy atom. The van der Waals surface area contributed by atoms with Crippen molar-refractivity contribution in [1.29, 1.82) is 0 Å². The number of H-pyrrole nitrogens is 1. The first-order valence-electron chi connectivity index (χ1n) is 12.6. The summed E-state index contributed by atoms with van der Waals surface area (Å²) >= 11 is 1.68. The zero-order chi connectivity index (χ0) is 25.6. The van der Waals surface area contributed by atoms with Gasteiger partial charge in [-0.3, -0.25) is 4.79 Å². The number of carbonyl (C=O) groups excluding carboxylic acids is 1. The van der Waals surface area contributed by atoms with Crippen LogP contribution in [0.2, 0.25) is 0 Å². The van der Waals surface area contributed by atoms with Crippen molar-refractivity contribution in [3.05, 3.63) is 71.5 Å². The molecule has 1 fully saturated rings. The fraction of sp³-hybridized carbons (Fsp3) is 0.370. The van der Waals surface area contributed by atoms with E-state index in [-0.39, 0.29) is 24.5 Å². The highest BCUT2D eigenvalue weighted by atomic mass is 32.1. The molecule has 4 aromatic rings. The summed E-state index contributed by atoms with van der Waals surface area (Å²) in [5.74, 6) is 1.84. The molecule has 5 rings (SSSR count). The first-order chi connectivity index (χ1) is 18.1. The molecule has 4 heterocycles. The number of hydrogen-bond donors (Lipinski definition) is 4. The van der Waals surface area contributed by atoms with Gasteiger partial charge in [0.2, 0.25) is 5.91 Å². The van der Waals surface area contributed by atoms with Gasteiger partial charge in [0.15, 0.2) is 0 Å². The van der Waals surface area contributed by atoms with Crippen LogP contribution in [0.5, 0.6) is 0 Å². The Kier molecular flexibility index (Phi) is 7.86. The van der Waals surface area contributed by atoms with Crippen molar-refractivity contribution >= 4 is 28.9 Å². The van der Waals surface area contributed by atoms with Crippen LogP contribution < -0.4 is 10.6 Å². The number of hydrogen-bond acceptors (Lipinski definition) is 8. The first-order valence-corrected chi connectivity index (χ1v) is 13.4. The van der Waals surface area contributed by atoms with Gasteiger partial charge in [-0.25, -0.2) is 19.9 Å². The van der Waals surface area contributed by atoms with Gasteiger partial charge in [0.1, 0.15) is 11.6 Å². The largest absolute Gasteiger partial charge is 0.394 e. The summed E-state index contributed by atoms with van der Waals surface area (Å²) in [5, 5.41) is 17.1. The van der Waals surface area contributed by atoms with Gasteiger partial charge in [-0.1, -0.05) is 6.07 Å². The summed E-state index contributed by atoms with van der Waals surface area (Å²) in [6.07, 6.45) is 11.0. The van der Waals surface area contributed by atoms with Gasteiger partial charge in [0.25, 0.3) is 0 Å². The molecular formula is C27H31N7O2S. The highest BCUT2D eigenvalue weighted by Crippen LogP contribution is 2.39. The van der Waals surface area contributed by atoms with E-state index in [0.717, 1.165) is 64.2 Å². The predicted molar refractivity (Wildman–Crippen MR) is 144 cm³/mol. The maximum Gasteiger partial charge on any atom is 0.223 e. The lowest BCUT2D eigenvalue weighted by molar-refractivity contribution is -0.127. The van der Waals surface area contributed by atoms with E-state index >= 15 is 0 Å². The number of anilines is 2. The van der Waals surface area contributed by atoms with Crippen molar-refractivity contribution in [2.24, 2.45) is 5.92 Å². The Morgan fingerprint density at radius 2 is 2.03 bits per heavy atom. The average Bonchev–Trinajstić information content (AvgIpc) is 3.61. The standard InChI is InChI=1S/C27H31N7O2S/c1-17-9-10-29-25(11-17)34-24-4-2-3-22(33-24)23-14-30-27(37-23)19-7-5-18(6-8-19)26(36)32-21(15-35)12-20-13-28-16-31-20/h2-4,9-11,13-14,16,18-19,21,35H,5-8,12,15H2,1H3,(H,28,31)(H,32,36)(H,29,33,34)/t18-,19-,21-/m1/s1. The highest BCUT2D eigenvalue weighted by molar-refractivity contribution is 7.15. The van der Waals surface area contributed by atoms with Crippen molar-refractivity contribution in [3.63, 3.8) is 0 Å². The highest BCUT2D eigenvalue weighted by Gasteiger charge is 2.29. The van der Waals surface area contributed by atoms with E-state index in [1.54, 1.807) is 30.1 Å². The molecule has 0 radical (unpaired) electrons. The summed E-state index contributed by atoms with van der Waals surface area (Å²) < 4.78 is 0. The molecule has 0 bridgehead atoms. The fourth-order valence-electron chi connectivity index (χ4n) is 4.72. The zero-order valence-corrected chi connectivity index (χ0v) is 21.5. The molecule has 4 aromatic heterocycles. The molecule has 4 N–H and O–H groups in total. The van der Waals surface area contributed by atoms with Gasteiger partial charge >= 0.3 is 0 Å². The molecule has 1 aliphatic carbocycles. The van der Waals surface area contributed by atoms with E-state index in [1.165, 1.54) is 0 Å². The third-order valence-corrected chi connectivity index (χ3v) is 7.91. The number of pyridine rings is 2. The van der Waals surface area contributed by atoms with Crippen molar-refractivity contribution in [1.82, 2.24) is 30.2 Å². The molecule has 192 valence electrons. The maximum atomic E-state index is 12.8. The minimum absolute atomic E-state index is 0.0217. The van der Waals surface area contributed by atoms with Gasteiger partial charge in [0.05, 0.1) is 34.6 Å². The topological polar surface area (TPSA) is 129 Å². The van der Waals surface area contributed by atoms with Crippen LogP contribution in [0.1, 0.15) is 47.9 Å². The summed E-state index contributed by atoms with van der Waals surface area (Å²) in [7, 11) is 0. The van der Waals surface area contributed by atoms with Crippen molar-refractivity contribution < 1.29 is 9.90 Å². The lowest BCUT2D eigenvalue weighted by Gasteiger charge is -2.28. The number of aliphatic hydroxyl groups excluding tert-OH is 1. The molecule has 9 nitrogen and oxygen atoms in total. The predicted octanol–water partition coefficient (Wildman–Crippen LogP) is 4.37. The van der Waals surface area contributed by atoms with Crippen LogP contribution in [0, 0.1) is 12.8 Å². The molecule has 1 saturated carbocycles. The molecule has 1 aliphatic rings. The molecule has 0 saturated heterocycles. The summed E-state index contributed by atoms with van der Waals surface area (Å²) in [6.45, 7) is 1.93. The number of aromatic nitrogens is 5. The monoisotopic (exact) mass is 517 g/mol. The van der Waals surface area contributed by atoms with Crippen molar-refractivity contribution in [2.75, 3.05) is 11.9 Å². The smallest absolute Gasteiger partial charge is 0.223 e. The van der Waals surface area contributed by atoms with Crippen LogP contribution in [0.3, 0.4) is 0 Å². The average molecular weight is 518 g/mol. The Hall–Kier alpha value is -3.63. The third-order valence-electron chi connectivity index (χ3n) is 6.73. The van der Waals surface area contributed by atoms with Crippen LogP contribution in [0.4, 0.5) is 11.6 Å². The van der Waals surface area contributed by atoms with E-state index in [4.69, 9.17) is 9.97 Å². The van der Waals surface area contributed by atoms with Gasteiger partial charge in [0, 0.05) is 42.5 Å². The summed E-state index contributed by atoms with van der Waals surface area (Å²) in [4.78, 5) is 34.7. The molecule has 0 aliphatic heterocycles. The quantitative estimate of drug-likeness (QED) is 0.259. The molecular weight excluding hydrogens is 486 g/mol. The number of aliphatic hydroxyl groups is 1. The maximum absolute atomic E-state index is 12.8. The second-order valence-corrected chi connectivity index (χ2v) is 10.6. The van der Waals surface area contributed by atoms with Crippen LogP contribution >= 0.6 is 11.3 Å². The van der Waals surface area contributed by atoms with Crippen LogP contribution in [-0.4, -0.2) is 48.6 Å². The Balaban J connectivity index is 1.16. The van der Waals surface area contributed by atoms with Gasteiger partial charge < -0.3 is 20.7 Å². The van der Waals surface area contributed by atoms with E-state index in [0.29, 0.717) is 12.3 Å². The molecule has 1 atom stereocenters. The molecule has 0 unspecified atom stereocenters. The van der Waals surface area contributed by atoms with Crippen molar-refractivity contribution in [2.45, 2.75) is 51.0 Å². The fourth-order valence-corrected chi connectivity index (χ4v) is 5.77. The number of aromatic amines is 1. The number of aryl methyl sites for hydroxylation is 1. The van der Waals surface area contributed by atoms with E-state index in [9.17, 15) is 9.90 Å². The summed E-state index contributed by atoms with van der Waals surface area (Å²) in [5.41, 5.74) is 2.90. The van der Waals surface area contributed by atoms with Crippen LogP contribution in [-0.2, 0) is 11.2 Å². The first kappa shape index (κ1) is 25.0. The Morgan fingerprint density at radius 1 is 1.16 bits per heavy atom. The molecule has 1 amide bonds. The van der Waals surface area contributed by atoms with E-state index in [1.807, 2.05) is 43.5 Å². The normalized spacial score (nSPS) is 18.3. The number of amides is 1. The number of imidazole rings is 1. The van der Waals surface area contributed by atoms with Crippen LogP contribution in [0.15, 0.2) is 55.2 Å². The SMILES string of the molecule is Cc1ccnc(Nc2cccc(-c3cnc([C@H]4CC[C@H](C(=O)N[C@@H](CO)Cc5cnc[nH]5)CC4)s3)n2)c1. The molecule has 10 heteroatoms. The summed E-state index contributed by atoms with van der Waals surface area (Å²) in [6, 6.07) is 9.54. The zero-order valence-electron chi connectivity index (χ0n) is 20.7. The second-order valence-electron chi connectivity index (χ2n) is 9.53. The minimum atomic E-state index is -0.313. The minimum Gasteiger partial charge on any atom is -0.394 e. The molecule has 0 spiro atoms. The molecule has 37 heavy (non-hydrogen) atoms. The number of carbonyl (C=O) groups is 1. The van der Waals surface area contributed by atoms with E-state index < -0.39 is 0 Å². The Bertz CT molecular complexity index is 1320. The number of thiazole rings is 1. The lowest BCUT2D eigenvalue weighted by atomic mass is 9.81. The van der Waals surface area contributed by atoms with Gasteiger partial charge in [-0.05, 0) is 62.4 Å². The third kappa shape index (κ3) is 6.39. The number of nitrogens with one attached hydrogen (secondary N) is 3. The van der Waals surface area contributed by atoms with Crippen LogP contribution in [0.25, 0.3) is 10.6 Å². The molecule has 0 aromatic carbocycles. The number of nitrogens with zero attached hydrogens (tertiary/aromatic N) is 4. The van der Waals surface area contributed by atoms with E-state index in [2.05, 4.69) is 25.6 Å². The van der Waals surface area contributed by atoms with Gasteiger partial charge in [-0.2, -0.15) is 0 Å². The van der Waals surface area contributed by atoms with Gasteiger partial charge in [-0.15, -0.1) is 11.3 Å².